The summed E-state index contributed by atoms with van der Waals surface area (Å²) in [6.07, 6.45) is 3.38. The largest absolute Gasteiger partial charge is 0.318 e. The van der Waals surface area contributed by atoms with Crippen molar-refractivity contribution >= 4 is 23.2 Å². The molecule has 0 aliphatic heterocycles. The lowest BCUT2D eigenvalue weighted by Crippen LogP contribution is -2.01. The van der Waals surface area contributed by atoms with Crippen LogP contribution in [0.4, 0.5) is 11.4 Å². The third-order valence-electron chi connectivity index (χ3n) is 2.79. The molecule has 0 saturated carbocycles. The van der Waals surface area contributed by atoms with E-state index in [1.54, 1.807) is 6.07 Å². The highest BCUT2D eigenvalue weighted by atomic mass is 16.6. The molecule has 0 fully saturated rings. The molecule has 0 unspecified atom stereocenters. The van der Waals surface area contributed by atoms with Gasteiger partial charge in [0.15, 0.2) is 0 Å². The molecule has 0 aliphatic rings. The highest BCUT2D eigenvalue weighted by molar-refractivity contribution is 6.08. The van der Waals surface area contributed by atoms with Crippen LogP contribution in [-0.4, -0.2) is 25.4 Å². The summed E-state index contributed by atoms with van der Waals surface area (Å²) in [5.74, 6) is -0.703. The lowest BCUT2D eigenvalue weighted by Gasteiger charge is -1.96. The van der Waals surface area contributed by atoms with Crippen LogP contribution in [-0.2, 0) is 7.05 Å². The fourth-order valence-corrected chi connectivity index (χ4v) is 1.82. The number of para-hydroxylation sites is 1. The zero-order chi connectivity index (χ0) is 16.3. The molecule has 0 N–H and O–H groups in total. The summed E-state index contributed by atoms with van der Waals surface area (Å²) in [6.45, 7) is 0. The van der Waals surface area contributed by atoms with Gasteiger partial charge >= 0.3 is 5.69 Å². The summed E-state index contributed by atoms with van der Waals surface area (Å²) < 4.78 is 1.16. The second-order valence-corrected chi connectivity index (χ2v) is 4.31. The van der Waals surface area contributed by atoms with Crippen LogP contribution in [0, 0.1) is 20.2 Å². The van der Waals surface area contributed by atoms with Crippen molar-refractivity contribution in [3.63, 3.8) is 0 Å². The summed E-state index contributed by atoms with van der Waals surface area (Å²) in [5.41, 5.74) is -0.677. The maximum Gasteiger partial charge on any atom is 0.318 e. The Labute approximate surface area is 123 Å². The second-order valence-electron chi connectivity index (χ2n) is 4.31. The third-order valence-corrected chi connectivity index (χ3v) is 2.79. The van der Waals surface area contributed by atoms with E-state index in [1.165, 1.54) is 31.3 Å². The number of hydrogen-bond acceptors (Lipinski definition) is 6. The van der Waals surface area contributed by atoms with E-state index in [0.29, 0.717) is 0 Å². The van der Waals surface area contributed by atoms with Crippen molar-refractivity contribution in [2.45, 2.75) is 0 Å². The number of allylic oxidation sites excluding steroid dienone is 1. The Morgan fingerprint density at radius 2 is 1.82 bits per heavy atom. The molecule has 0 atom stereocenters. The van der Waals surface area contributed by atoms with Crippen molar-refractivity contribution < 1.29 is 14.6 Å². The molecule has 2 aromatic rings. The highest BCUT2D eigenvalue weighted by Crippen LogP contribution is 2.21. The first-order chi connectivity index (χ1) is 10.4. The summed E-state index contributed by atoms with van der Waals surface area (Å²) in [7, 11) is 1.45. The molecule has 1 aromatic carbocycles. The Morgan fingerprint density at radius 3 is 2.45 bits per heavy atom. The maximum atomic E-state index is 12.0. The Hall–Kier alpha value is -3.36. The standard InChI is InChI=1S/C13H10N4O5/c1-15-8-11(17(21)22)13(14-15)12(18)7-6-9-4-2-3-5-10(9)16(19)20/h2-8H,1H3/b7-6+. The van der Waals surface area contributed by atoms with Gasteiger partial charge < -0.3 is 0 Å². The molecule has 2 rings (SSSR count). The lowest BCUT2D eigenvalue weighted by atomic mass is 10.1. The van der Waals surface area contributed by atoms with Gasteiger partial charge in [-0.25, -0.2) is 0 Å². The van der Waals surface area contributed by atoms with E-state index in [9.17, 15) is 25.0 Å². The van der Waals surface area contributed by atoms with E-state index < -0.39 is 21.3 Å². The molecule has 0 aliphatic carbocycles. The minimum absolute atomic E-state index is 0.165. The van der Waals surface area contributed by atoms with Crippen LogP contribution in [0.15, 0.2) is 36.5 Å². The zero-order valence-corrected chi connectivity index (χ0v) is 11.4. The molecule has 9 nitrogen and oxygen atoms in total. The van der Waals surface area contributed by atoms with Crippen molar-refractivity contribution in [1.82, 2.24) is 9.78 Å². The normalized spacial score (nSPS) is 10.8. The van der Waals surface area contributed by atoms with Gasteiger partial charge in [0, 0.05) is 13.1 Å². The van der Waals surface area contributed by atoms with E-state index >= 15 is 0 Å². The van der Waals surface area contributed by atoms with Crippen molar-refractivity contribution in [3.8, 4) is 0 Å². The Balaban J connectivity index is 2.34. The number of carbonyl (C=O) groups is 1. The van der Waals surface area contributed by atoms with Crippen LogP contribution in [0.25, 0.3) is 6.08 Å². The molecule has 22 heavy (non-hydrogen) atoms. The molecular weight excluding hydrogens is 292 g/mol. The van der Waals surface area contributed by atoms with Gasteiger partial charge in [-0.3, -0.25) is 29.7 Å². The van der Waals surface area contributed by atoms with Crippen molar-refractivity contribution in [2.75, 3.05) is 0 Å². The van der Waals surface area contributed by atoms with E-state index in [0.717, 1.165) is 17.0 Å². The number of benzene rings is 1. The zero-order valence-electron chi connectivity index (χ0n) is 11.4. The first kappa shape index (κ1) is 15.0. The van der Waals surface area contributed by atoms with Crippen molar-refractivity contribution in [1.29, 1.82) is 0 Å². The van der Waals surface area contributed by atoms with E-state index in [4.69, 9.17) is 0 Å². The first-order valence-corrected chi connectivity index (χ1v) is 6.04. The van der Waals surface area contributed by atoms with Gasteiger partial charge in [0.2, 0.25) is 11.5 Å². The molecule has 1 aromatic heterocycles. The summed E-state index contributed by atoms with van der Waals surface area (Å²) in [6, 6.07) is 5.85. The molecule has 9 heteroatoms. The van der Waals surface area contributed by atoms with Crippen LogP contribution >= 0.6 is 0 Å². The quantitative estimate of drug-likeness (QED) is 0.361. The Bertz CT molecular complexity index is 793. The van der Waals surface area contributed by atoms with Gasteiger partial charge in [0.05, 0.1) is 15.4 Å². The average Bonchev–Trinajstić information content (AvgIpc) is 2.87. The van der Waals surface area contributed by atoms with E-state index in [1.807, 2.05) is 0 Å². The molecule has 1 heterocycles. The number of nitro groups is 2. The van der Waals surface area contributed by atoms with E-state index in [2.05, 4.69) is 5.10 Å². The number of nitro benzene ring substituents is 1. The van der Waals surface area contributed by atoms with Crippen LogP contribution in [0.5, 0.6) is 0 Å². The van der Waals surface area contributed by atoms with Crippen molar-refractivity contribution in [3.05, 3.63) is 68.0 Å². The smallest absolute Gasteiger partial charge is 0.287 e. The predicted molar refractivity (Wildman–Crippen MR) is 76.3 cm³/mol. The molecule has 0 bridgehead atoms. The number of rotatable bonds is 5. The summed E-state index contributed by atoms with van der Waals surface area (Å²) in [4.78, 5) is 32.4. The van der Waals surface area contributed by atoms with Crippen LogP contribution in [0.3, 0.4) is 0 Å². The first-order valence-electron chi connectivity index (χ1n) is 6.04. The number of hydrogen-bond donors (Lipinski definition) is 0. The SMILES string of the molecule is Cn1cc([N+](=O)[O-])c(C(=O)/C=C/c2ccccc2[N+](=O)[O-])n1. The summed E-state index contributed by atoms with van der Waals surface area (Å²) in [5, 5.41) is 25.5. The van der Waals surface area contributed by atoms with Gasteiger partial charge in [-0.2, -0.15) is 5.10 Å². The molecule has 0 saturated heterocycles. The predicted octanol–water partition coefficient (Wildman–Crippen LogP) is 2.13. The third kappa shape index (κ3) is 3.03. The minimum atomic E-state index is -0.709. The van der Waals surface area contributed by atoms with Gasteiger partial charge in [-0.1, -0.05) is 12.1 Å². The number of ketones is 1. The second kappa shape index (κ2) is 5.95. The number of nitrogens with zero attached hydrogens (tertiary/aromatic N) is 4. The minimum Gasteiger partial charge on any atom is -0.287 e. The van der Waals surface area contributed by atoms with Gasteiger partial charge in [-0.15, -0.1) is 0 Å². The fourth-order valence-electron chi connectivity index (χ4n) is 1.82. The molecule has 0 radical (unpaired) electrons. The van der Waals surface area contributed by atoms with E-state index in [-0.39, 0.29) is 16.9 Å². The topological polar surface area (TPSA) is 121 Å². The summed E-state index contributed by atoms with van der Waals surface area (Å²) >= 11 is 0. The fraction of sp³-hybridized carbons (Fsp3) is 0.0769. The molecular formula is C13H10N4O5. The molecule has 112 valence electrons. The van der Waals surface area contributed by atoms with Crippen LogP contribution in [0.2, 0.25) is 0 Å². The number of aromatic nitrogens is 2. The Kier molecular flexibility index (Phi) is 4.07. The van der Waals surface area contributed by atoms with Gasteiger partial charge in [-0.05, 0) is 18.2 Å². The monoisotopic (exact) mass is 302 g/mol. The number of aryl methyl sites for hydroxylation is 1. The lowest BCUT2D eigenvalue weighted by molar-refractivity contribution is -0.385. The highest BCUT2D eigenvalue weighted by Gasteiger charge is 2.23. The van der Waals surface area contributed by atoms with Gasteiger partial charge in [0.25, 0.3) is 5.69 Å². The van der Waals surface area contributed by atoms with Crippen LogP contribution in [0.1, 0.15) is 16.1 Å². The molecule has 0 amide bonds. The van der Waals surface area contributed by atoms with Gasteiger partial charge in [0.1, 0.15) is 6.20 Å². The van der Waals surface area contributed by atoms with Crippen molar-refractivity contribution in [2.24, 2.45) is 7.05 Å². The van der Waals surface area contributed by atoms with Crippen LogP contribution < -0.4 is 0 Å². The molecule has 0 spiro atoms. The Morgan fingerprint density at radius 1 is 1.18 bits per heavy atom. The number of carbonyl (C=O) groups excluding carboxylic acids is 1. The maximum absolute atomic E-state index is 12.0. The average molecular weight is 302 g/mol.